The zero-order chi connectivity index (χ0) is 17.4. The van der Waals surface area contributed by atoms with Crippen LogP contribution in [0.3, 0.4) is 0 Å². The van der Waals surface area contributed by atoms with Crippen molar-refractivity contribution in [1.82, 2.24) is 4.98 Å². The van der Waals surface area contributed by atoms with E-state index in [-0.39, 0.29) is 0 Å². The number of aromatic nitrogens is 1. The maximum Gasteiger partial charge on any atom is 0.136 e. The number of nitrogens with two attached hydrogens (primary N) is 1. The topological polar surface area (TPSA) is 42.2 Å². The molecule has 0 unspecified atom stereocenters. The normalized spacial score (nSPS) is 15.7. The molecule has 0 aliphatic carbocycles. The molecule has 2 aromatic carbocycles. The van der Waals surface area contributed by atoms with Crippen molar-refractivity contribution < 1.29 is 0 Å². The van der Waals surface area contributed by atoms with Gasteiger partial charge in [-0.2, -0.15) is 0 Å². The molecule has 1 aliphatic heterocycles. The molecule has 0 radical (unpaired) electrons. The second-order valence-electron chi connectivity index (χ2n) is 7.24. The first kappa shape index (κ1) is 15.9. The van der Waals surface area contributed by atoms with E-state index in [0.29, 0.717) is 0 Å². The highest BCUT2D eigenvalue weighted by Gasteiger charge is 2.21. The summed E-state index contributed by atoms with van der Waals surface area (Å²) in [4.78, 5) is 7.50. The predicted octanol–water partition coefficient (Wildman–Crippen LogP) is 5.03. The molecule has 2 heterocycles. The summed E-state index contributed by atoms with van der Waals surface area (Å²) < 4.78 is 0. The van der Waals surface area contributed by atoms with Crippen LogP contribution in [0.15, 0.2) is 48.5 Å². The summed E-state index contributed by atoms with van der Waals surface area (Å²) >= 11 is 0. The molecule has 128 valence electrons. The van der Waals surface area contributed by atoms with Gasteiger partial charge in [0.1, 0.15) is 5.82 Å². The summed E-state index contributed by atoms with van der Waals surface area (Å²) in [5.74, 6) is 1.95. The van der Waals surface area contributed by atoms with Gasteiger partial charge in [0.15, 0.2) is 0 Å². The van der Waals surface area contributed by atoms with Gasteiger partial charge >= 0.3 is 0 Å². The number of nitrogens with zero attached hydrogens (tertiary/aromatic N) is 2. The molecule has 1 saturated heterocycles. The van der Waals surface area contributed by atoms with Crippen molar-refractivity contribution in [2.24, 2.45) is 5.92 Å². The van der Waals surface area contributed by atoms with Crippen molar-refractivity contribution in [2.75, 3.05) is 23.7 Å². The van der Waals surface area contributed by atoms with Gasteiger partial charge in [-0.3, -0.25) is 0 Å². The quantitative estimate of drug-likeness (QED) is 0.670. The highest BCUT2D eigenvalue weighted by molar-refractivity contribution is 6.03. The van der Waals surface area contributed by atoms with Crippen molar-refractivity contribution in [2.45, 2.75) is 26.7 Å². The van der Waals surface area contributed by atoms with Gasteiger partial charge < -0.3 is 10.6 Å². The van der Waals surface area contributed by atoms with Crippen molar-refractivity contribution >= 4 is 22.3 Å². The number of rotatable bonds is 2. The van der Waals surface area contributed by atoms with Crippen LogP contribution in [-0.2, 0) is 0 Å². The SMILES string of the molecule is Cc1nc(N2CCC(C)CC2)c2ccccc2c1-c1cccc(N)c1. The molecular weight excluding hydrogens is 306 g/mol. The van der Waals surface area contributed by atoms with E-state index in [0.717, 1.165) is 41.8 Å². The molecule has 4 rings (SSSR count). The van der Waals surface area contributed by atoms with Gasteiger partial charge in [0, 0.05) is 35.4 Å². The van der Waals surface area contributed by atoms with E-state index in [1.54, 1.807) is 0 Å². The van der Waals surface area contributed by atoms with Crippen LogP contribution >= 0.6 is 0 Å². The standard InChI is InChI=1S/C22H25N3/c1-15-10-12-25(13-11-15)22-20-9-4-3-8-19(20)21(16(2)24-22)17-6-5-7-18(23)14-17/h3-9,14-15H,10-13,23H2,1-2H3. The Hall–Kier alpha value is -2.55. The van der Waals surface area contributed by atoms with Crippen LogP contribution < -0.4 is 10.6 Å². The minimum Gasteiger partial charge on any atom is -0.399 e. The van der Waals surface area contributed by atoms with Crippen LogP contribution in [0.25, 0.3) is 21.9 Å². The summed E-state index contributed by atoms with van der Waals surface area (Å²) in [6, 6.07) is 16.7. The first-order valence-corrected chi connectivity index (χ1v) is 9.13. The maximum atomic E-state index is 6.02. The Morgan fingerprint density at radius 3 is 2.44 bits per heavy atom. The fourth-order valence-corrected chi connectivity index (χ4v) is 3.89. The highest BCUT2D eigenvalue weighted by atomic mass is 15.2. The van der Waals surface area contributed by atoms with E-state index >= 15 is 0 Å². The second-order valence-corrected chi connectivity index (χ2v) is 7.24. The number of benzene rings is 2. The Kier molecular flexibility index (Phi) is 4.08. The number of piperidine rings is 1. The number of nitrogen functional groups attached to an aromatic ring is 1. The third-order valence-electron chi connectivity index (χ3n) is 5.33. The van der Waals surface area contributed by atoms with Gasteiger partial charge in [0.25, 0.3) is 0 Å². The summed E-state index contributed by atoms with van der Waals surface area (Å²) in [5.41, 5.74) is 10.2. The van der Waals surface area contributed by atoms with Gasteiger partial charge in [-0.15, -0.1) is 0 Å². The zero-order valence-corrected chi connectivity index (χ0v) is 15.0. The number of anilines is 2. The van der Waals surface area contributed by atoms with Crippen LogP contribution in [0.4, 0.5) is 11.5 Å². The van der Waals surface area contributed by atoms with Crippen LogP contribution in [0.2, 0.25) is 0 Å². The molecule has 2 N–H and O–H groups in total. The minimum atomic E-state index is 0.787. The largest absolute Gasteiger partial charge is 0.399 e. The maximum absolute atomic E-state index is 6.02. The van der Waals surface area contributed by atoms with Crippen molar-refractivity contribution in [1.29, 1.82) is 0 Å². The van der Waals surface area contributed by atoms with Gasteiger partial charge in [-0.25, -0.2) is 4.98 Å². The third kappa shape index (κ3) is 2.95. The molecule has 1 aromatic heterocycles. The van der Waals surface area contributed by atoms with Crippen LogP contribution in [-0.4, -0.2) is 18.1 Å². The van der Waals surface area contributed by atoms with Crippen LogP contribution in [0, 0.1) is 12.8 Å². The zero-order valence-electron chi connectivity index (χ0n) is 15.0. The lowest BCUT2D eigenvalue weighted by Gasteiger charge is -2.32. The van der Waals surface area contributed by atoms with E-state index in [1.807, 2.05) is 18.2 Å². The first-order valence-electron chi connectivity index (χ1n) is 9.13. The summed E-state index contributed by atoms with van der Waals surface area (Å²) in [7, 11) is 0. The van der Waals surface area contributed by atoms with Crippen molar-refractivity contribution in [3.05, 3.63) is 54.2 Å². The van der Waals surface area contributed by atoms with Gasteiger partial charge in [-0.05, 0) is 48.8 Å². The van der Waals surface area contributed by atoms with Crippen molar-refractivity contribution in [3.63, 3.8) is 0 Å². The molecule has 0 amide bonds. The monoisotopic (exact) mass is 331 g/mol. The number of aryl methyl sites for hydroxylation is 1. The predicted molar refractivity (Wildman–Crippen MR) is 107 cm³/mol. The smallest absolute Gasteiger partial charge is 0.136 e. The van der Waals surface area contributed by atoms with Crippen LogP contribution in [0.1, 0.15) is 25.5 Å². The average Bonchev–Trinajstić information content (AvgIpc) is 2.62. The second kappa shape index (κ2) is 6.40. The molecule has 3 nitrogen and oxygen atoms in total. The van der Waals surface area contributed by atoms with E-state index in [2.05, 4.69) is 49.1 Å². The lowest BCUT2D eigenvalue weighted by Crippen LogP contribution is -2.33. The molecule has 3 heteroatoms. The molecule has 0 atom stereocenters. The molecule has 25 heavy (non-hydrogen) atoms. The Balaban J connectivity index is 1.90. The van der Waals surface area contributed by atoms with Gasteiger partial charge in [0.2, 0.25) is 0 Å². The Labute approximate surface area is 149 Å². The molecule has 0 bridgehead atoms. The highest BCUT2D eigenvalue weighted by Crippen LogP contribution is 2.37. The Morgan fingerprint density at radius 1 is 1.00 bits per heavy atom. The number of hydrogen-bond donors (Lipinski definition) is 1. The molecule has 1 fully saturated rings. The first-order chi connectivity index (χ1) is 12.1. The van der Waals surface area contributed by atoms with E-state index in [4.69, 9.17) is 10.7 Å². The lowest BCUT2D eigenvalue weighted by molar-refractivity contribution is 0.437. The number of fused-ring (bicyclic) bond motifs is 1. The summed E-state index contributed by atoms with van der Waals surface area (Å²) in [6.45, 7) is 6.64. The van der Waals surface area contributed by atoms with Crippen LogP contribution in [0.5, 0.6) is 0 Å². The summed E-state index contributed by atoms with van der Waals surface area (Å²) in [6.07, 6.45) is 2.48. The Morgan fingerprint density at radius 2 is 1.72 bits per heavy atom. The molecule has 1 aliphatic rings. The third-order valence-corrected chi connectivity index (χ3v) is 5.33. The van der Waals surface area contributed by atoms with Crippen molar-refractivity contribution in [3.8, 4) is 11.1 Å². The molecule has 3 aromatic rings. The Bertz CT molecular complexity index is 908. The lowest BCUT2D eigenvalue weighted by atomic mass is 9.95. The van der Waals surface area contributed by atoms with E-state index < -0.39 is 0 Å². The van der Waals surface area contributed by atoms with Gasteiger partial charge in [0.05, 0.1) is 0 Å². The average molecular weight is 331 g/mol. The number of pyridine rings is 1. The summed E-state index contributed by atoms with van der Waals surface area (Å²) in [5, 5.41) is 2.49. The molecular formula is C22H25N3. The molecule has 0 spiro atoms. The molecule has 0 saturated carbocycles. The van der Waals surface area contributed by atoms with E-state index in [1.165, 1.54) is 29.2 Å². The fraction of sp³-hybridized carbons (Fsp3) is 0.318. The number of hydrogen-bond acceptors (Lipinski definition) is 3. The van der Waals surface area contributed by atoms with Gasteiger partial charge in [-0.1, -0.05) is 43.3 Å². The van der Waals surface area contributed by atoms with E-state index in [9.17, 15) is 0 Å². The fourth-order valence-electron chi connectivity index (χ4n) is 3.89. The minimum absolute atomic E-state index is 0.787.